The number of benzene rings is 2. The van der Waals surface area contributed by atoms with Crippen molar-refractivity contribution in [3.05, 3.63) is 71.7 Å². The molecular formula is C19H15FN2O3. The first-order chi connectivity index (χ1) is 12.0. The van der Waals surface area contributed by atoms with E-state index < -0.39 is 24.3 Å². The van der Waals surface area contributed by atoms with Crippen molar-refractivity contribution >= 4 is 28.5 Å². The fraction of sp³-hybridized carbons (Fsp3) is 0.105. The summed E-state index contributed by atoms with van der Waals surface area (Å²) in [6.45, 7) is 1.34. The number of anilines is 1. The largest absolute Gasteiger partial charge is 0.452 e. The van der Waals surface area contributed by atoms with Crippen LogP contribution in [0.3, 0.4) is 0 Å². The standard InChI is InChI=1S/C19H15FN2O3/c1-12-10-16(15-4-2-3-5-17(15)21-12)19(24)25-11-18(23)22-14-8-6-13(20)7-9-14/h2-10H,11H2,1H3,(H,22,23). The predicted octanol–water partition coefficient (Wildman–Crippen LogP) is 3.48. The predicted molar refractivity (Wildman–Crippen MR) is 91.8 cm³/mol. The van der Waals surface area contributed by atoms with E-state index in [9.17, 15) is 14.0 Å². The van der Waals surface area contributed by atoms with E-state index in [0.717, 1.165) is 0 Å². The molecule has 0 aliphatic carbocycles. The number of hydrogen-bond acceptors (Lipinski definition) is 4. The van der Waals surface area contributed by atoms with Crippen LogP contribution < -0.4 is 5.32 Å². The zero-order chi connectivity index (χ0) is 17.8. The van der Waals surface area contributed by atoms with Gasteiger partial charge in [0.25, 0.3) is 5.91 Å². The Morgan fingerprint density at radius 2 is 1.84 bits per heavy atom. The average Bonchev–Trinajstić information content (AvgIpc) is 2.61. The van der Waals surface area contributed by atoms with E-state index in [2.05, 4.69) is 10.3 Å². The minimum absolute atomic E-state index is 0.359. The number of carbonyl (C=O) groups excluding carboxylic acids is 2. The van der Waals surface area contributed by atoms with Gasteiger partial charge < -0.3 is 10.1 Å². The molecule has 0 bridgehead atoms. The summed E-state index contributed by atoms with van der Waals surface area (Å²) in [5.41, 5.74) is 2.15. The molecule has 0 atom stereocenters. The van der Waals surface area contributed by atoms with Crippen molar-refractivity contribution in [1.29, 1.82) is 0 Å². The van der Waals surface area contributed by atoms with Crippen LogP contribution in [-0.2, 0) is 9.53 Å². The highest BCUT2D eigenvalue weighted by atomic mass is 19.1. The number of amides is 1. The van der Waals surface area contributed by atoms with Crippen LogP contribution in [0.1, 0.15) is 16.1 Å². The lowest BCUT2D eigenvalue weighted by Crippen LogP contribution is -2.21. The Hall–Kier alpha value is -3.28. The van der Waals surface area contributed by atoms with Crippen molar-refractivity contribution in [3.8, 4) is 0 Å². The first kappa shape index (κ1) is 16.6. The maximum absolute atomic E-state index is 12.8. The molecule has 1 amide bonds. The highest BCUT2D eigenvalue weighted by Crippen LogP contribution is 2.19. The second kappa shape index (κ2) is 7.09. The summed E-state index contributed by atoms with van der Waals surface area (Å²) >= 11 is 0. The third kappa shape index (κ3) is 3.98. The molecule has 0 fully saturated rings. The van der Waals surface area contributed by atoms with Gasteiger partial charge in [-0.2, -0.15) is 0 Å². The highest BCUT2D eigenvalue weighted by molar-refractivity contribution is 6.04. The van der Waals surface area contributed by atoms with Crippen LogP contribution in [0.15, 0.2) is 54.6 Å². The topological polar surface area (TPSA) is 68.3 Å². The SMILES string of the molecule is Cc1cc(C(=O)OCC(=O)Nc2ccc(F)cc2)c2ccccc2n1. The number of aryl methyl sites for hydroxylation is 1. The first-order valence-electron chi connectivity index (χ1n) is 7.62. The Bertz CT molecular complexity index is 939. The molecule has 0 spiro atoms. The van der Waals surface area contributed by atoms with Gasteiger partial charge in [0, 0.05) is 16.8 Å². The number of carbonyl (C=O) groups is 2. The number of nitrogens with one attached hydrogen (secondary N) is 1. The zero-order valence-electron chi connectivity index (χ0n) is 13.5. The highest BCUT2D eigenvalue weighted by Gasteiger charge is 2.15. The second-order valence-electron chi connectivity index (χ2n) is 5.46. The summed E-state index contributed by atoms with van der Waals surface area (Å²) in [5.74, 6) is -1.50. The van der Waals surface area contributed by atoms with E-state index in [4.69, 9.17) is 4.74 Å². The molecule has 5 nitrogen and oxygen atoms in total. The van der Waals surface area contributed by atoms with Crippen molar-refractivity contribution in [3.63, 3.8) is 0 Å². The average molecular weight is 338 g/mol. The molecule has 3 aromatic rings. The number of para-hydroxylation sites is 1. The first-order valence-corrected chi connectivity index (χ1v) is 7.62. The summed E-state index contributed by atoms with van der Waals surface area (Å²) in [4.78, 5) is 28.6. The molecule has 126 valence electrons. The van der Waals surface area contributed by atoms with Crippen LogP contribution in [-0.4, -0.2) is 23.5 Å². The monoisotopic (exact) mass is 338 g/mol. The molecule has 0 aliphatic rings. The maximum Gasteiger partial charge on any atom is 0.339 e. The molecule has 0 unspecified atom stereocenters. The summed E-state index contributed by atoms with van der Waals surface area (Å²) in [6.07, 6.45) is 0. The van der Waals surface area contributed by atoms with Gasteiger partial charge in [-0.15, -0.1) is 0 Å². The smallest absolute Gasteiger partial charge is 0.339 e. The number of rotatable bonds is 4. The van der Waals surface area contributed by atoms with Gasteiger partial charge in [0.05, 0.1) is 11.1 Å². The normalized spacial score (nSPS) is 10.5. The molecule has 6 heteroatoms. The van der Waals surface area contributed by atoms with Gasteiger partial charge in [-0.1, -0.05) is 18.2 Å². The lowest BCUT2D eigenvalue weighted by Gasteiger charge is -2.09. The van der Waals surface area contributed by atoms with E-state index in [0.29, 0.717) is 27.8 Å². The van der Waals surface area contributed by atoms with Gasteiger partial charge in [0.2, 0.25) is 0 Å². The third-order valence-electron chi connectivity index (χ3n) is 3.53. The third-order valence-corrected chi connectivity index (χ3v) is 3.53. The number of pyridine rings is 1. The summed E-state index contributed by atoms with van der Waals surface area (Å²) in [6, 6.07) is 14.2. The fourth-order valence-electron chi connectivity index (χ4n) is 2.42. The Kier molecular flexibility index (Phi) is 4.70. The van der Waals surface area contributed by atoms with Crippen LogP contribution in [0.4, 0.5) is 10.1 Å². The second-order valence-corrected chi connectivity index (χ2v) is 5.46. The van der Waals surface area contributed by atoms with E-state index >= 15 is 0 Å². The van der Waals surface area contributed by atoms with Gasteiger partial charge in [-0.05, 0) is 43.3 Å². The Balaban J connectivity index is 1.68. The number of fused-ring (bicyclic) bond motifs is 1. The van der Waals surface area contributed by atoms with E-state index in [1.54, 1.807) is 31.2 Å². The van der Waals surface area contributed by atoms with Gasteiger partial charge in [0.1, 0.15) is 5.82 Å². The minimum Gasteiger partial charge on any atom is -0.452 e. The molecule has 25 heavy (non-hydrogen) atoms. The molecule has 0 saturated carbocycles. The number of nitrogens with zero attached hydrogens (tertiary/aromatic N) is 1. The van der Waals surface area contributed by atoms with E-state index in [-0.39, 0.29) is 0 Å². The van der Waals surface area contributed by atoms with E-state index in [1.807, 2.05) is 6.07 Å². The molecular weight excluding hydrogens is 323 g/mol. The van der Waals surface area contributed by atoms with Crippen LogP contribution in [0, 0.1) is 12.7 Å². The minimum atomic E-state index is -0.601. The molecule has 1 N–H and O–H groups in total. The number of hydrogen-bond donors (Lipinski definition) is 1. The van der Waals surface area contributed by atoms with Gasteiger partial charge in [-0.25, -0.2) is 9.18 Å². The molecule has 2 aromatic carbocycles. The Labute approximate surface area is 143 Å². The molecule has 1 heterocycles. The van der Waals surface area contributed by atoms with Crippen molar-refractivity contribution < 1.29 is 18.7 Å². The zero-order valence-corrected chi connectivity index (χ0v) is 13.5. The van der Waals surface area contributed by atoms with Crippen molar-refractivity contribution in [2.24, 2.45) is 0 Å². The van der Waals surface area contributed by atoms with Crippen molar-refractivity contribution in [2.75, 3.05) is 11.9 Å². The quantitative estimate of drug-likeness (QED) is 0.740. The van der Waals surface area contributed by atoms with Crippen LogP contribution in [0.5, 0.6) is 0 Å². The maximum atomic E-state index is 12.8. The fourth-order valence-corrected chi connectivity index (χ4v) is 2.42. The Morgan fingerprint density at radius 3 is 2.60 bits per heavy atom. The van der Waals surface area contributed by atoms with E-state index in [1.165, 1.54) is 24.3 Å². The van der Waals surface area contributed by atoms with Crippen LogP contribution >= 0.6 is 0 Å². The van der Waals surface area contributed by atoms with Gasteiger partial charge in [-0.3, -0.25) is 9.78 Å². The lowest BCUT2D eigenvalue weighted by atomic mass is 10.1. The summed E-state index contributed by atoms with van der Waals surface area (Å²) in [7, 11) is 0. The molecule has 0 saturated heterocycles. The van der Waals surface area contributed by atoms with Crippen LogP contribution in [0.2, 0.25) is 0 Å². The summed E-state index contributed by atoms with van der Waals surface area (Å²) < 4.78 is 17.9. The molecule has 0 radical (unpaired) electrons. The number of aromatic nitrogens is 1. The Morgan fingerprint density at radius 1 is 1.12 bits per heavy atom. The van der Waals surface area contributed by atoms with Crippen LogP contribution in [0.25, 0.3) is 10.9 Å². The van der Waals surface area contributed by atoms with Crippen molar-refractivity contribution in [2.45, 2.75) is 6.92 Å². The number of ether oxygens (including phenoxy) is 1. The van der Waals surface area contributed by atoms with Gasteiger partial charge >= 0.3 is 5.97 Å². The molecule has 1 aromatic heterocycles. The molecule has 3 rings (SSSR count). The number of halogens is 1. The lowest BCUT2D eigenvalue weighted by molar-refractivity contribution is -0.119. The molecule has 0 aliphatic heterocycles. The number of esters is 1. The van der Waals surface area contributed by atoms with Gasteiger partial charge in [0.15, 0.2) is 6.61 Å². The van der Waals surface area contributed by atoms with Crippen molar-refractivity contribution in [1.82, 2.24) is 4.98 Å². The summed E-state index contributed by atoms with van der Waals surface area (Å²) in [5, 5.41) is 3.19.